The molecule has 0 saturated carbocycles. The zero-order valence-corrected chi connectivity index (χ0v) is 25.7. The zero-order chi connectivity index (χ0) is 29.3. The van der Waals surface area contributed by atoms with E-state index in [-0.39, 0.29) is 12.5 Å². The third kappa shape index (κ3) is 10.6. The average molecular weight is 617 g/mol. The van der Waals surface area contributed by atoms with E-state index in [2.05, 4.69) is 10.5 Å². The molecule has 0 aliphatic carbocycles. The summed E-state index contributed by atoms with van der Waals surface area (Å²) < 4.78 is 10.6. The smallest absolute Gasteiger partial charge is 0.407 e. The molecule has 39 heavy (non-hydrogen) atoms. The van der Waals surface area contributed by atoms with Gasteiger partial charge in [-0.05, 0) is 63.4 Å². The van der Waals surface area contributed by atoms with Gasteiger partial charge in [0.2, 0.25) is 0 Å². The number of carbonyl (C=O) groups is 2. The number of aromatic nitrogens is 1. The molecule has 3 rings (SSSR count). The molecule has 0 saturated heterocycles. The number of hydrogen-bond acceptors (Lipinski definition) is 5. The molecular formula is C28H33Cl4N3O4. The van der Waals surface area contributed by atoms with Crippen molar-refractivity contribution < 1.29 is 18.8 Å². The number of nitrogens with one attached hydrogen (secondary N) is 1. The Kier molecular flexibility index (Phi) is 12.4. The summed E-state index contributed by atoms with van der Waals surface area (Å²) >= 11 is 23.3. The van der Waals surface area contributed by atoms with Gasteiger partial charge in [0.05, 0.1) is 12.2 Å². The first-order valence-electron chi connectivity index (χ1n) is 12.2. The van der Waals surface area contributed by atoms with E-state index < -0.39 is 28.5 Å². The van der Waals surface area contributed by atoms with Crippen LogP contribution in [0.3, 0.4) is 0 Å². The largest absolute Gasteiger partial charge is 0.444 e. The van der Waals surface area contributed by atoms with Crippen LogP contribution in [0.4, 0.5) is 10.5 Å². The summed E-state index contributed by atoms with van der Waals surface area (Å²) in [6, 6.07) is 14.0. The molecule has 1 unspecified atom stereocenters. The van der Waals surface area contributed by atoms with E-state index in [1.807, 2.05) is 45.0 Å². The van der Waals surface area contributed by atoms with Crippen molar-refractivity contribution in [2.45, 2.75) is 58.0 Å². The van der Waals surface area contributed by atoms with Crippen LogP contribution in [0.1, 0.15) is 40.2 Å². The number of ether oxygens (including phenoxy) is 1. The Morgan fingerprint density at radius 3 is 2.15 bits per heavy atom. The summed E-state index contributed by atoms with van der Waals surface area (Å²) in [5.74, 6) is 0.0731. The van der Waals surface area contributed by atoms with E-state index >= 15 is 0 Å². The van der Waals surface area contributed by atoms with Gasteiger partial charge in [0.15, 0.2) is 10.6 Å². The SMILES string of the molecule is CC(C)C(CN(C(=O)C(Cl)Cl)c1cccc(-c2ccno2)c1)NC(=O)OC(C)(C)C.Cc1c(Cl)cccc1Cl. The fourth-order valence-corrected chi connectivity index (χ4v) is 3.93. The van der Waals surface area contributed by atoms with Crippen molar-refractivity contribution in [3.8, 4) is 11.3 Å². The molecule has 2 amide bonds. The second-order valence-corrected chi connectivity index (χ2v) is 11.9. The molecule has 1 aromatic heterocycles. The summed E-state index contributed by atoms with van der Waals surface area (Å²) in [6.45, 7) is 11.3. The van der Waals surface area contributed by atoms with Gasteiger partial charge in [-0.25, -0.2) is 4.79 Å². The highest BCUT2D eigenvalue weighted by molar-refractivity contribution is 6.54. The van der Waals surface area contributed by atoms with Gasteiger partial charge in [0.25, 0.3) is 5.91 Å². The number of alkyl carbamates (subject to hydrolysis) is 1. The monoisotopic (exact) mass is 615 g/mol. The summed E-state index contributed by atoms with van der Waals surface area (Å²) in [5, 5.41) is 8.00. The number of halogens is 4. The van der Waals surface area contributed by atoms with Crippen LogP contribution >= 0.6 is 46.4 Å². The molecular weight excluding hydrogens is 584 g/mol. The number of amides is 2. The van der Waals surface area contributed by atoms with Gasteiger partial charge in [-0.2, -0.15) is 0 Å². The number of rotatable bonds is 7. The molecule has 0 aliphatic rings. The lowest BCUT2D eigenvalue weighted by atomic mass is 10.0. The summed E-state index contributed by atoms with van der Waals surface area (Å²) in [4.78, 5) is 25.3. The quantitative estimate of drug-likeness (QED) is 0.270. The molecule has 3 aromatic rings. The van der Waals surface area contributed by atoms with Crippen LogP contribution in [0, 0.1) is 12.8 Å². The lowest BCUT2D eigenvalue weighted by Crippen LogP contribution is -2.50. The van der Waals surface area contributed by atoms with Crippen LogP contribution in [0.25, 0.3) is 11.3 Å². The van der Waals surface area contributed by atoms with Crippen molar-refractivity contribution in [1.82, 2.24) is 10.5 Å². The van der Waals surface area contributed by atoms with Gasteiger partial charge in [-0.3, -0.25) is 4.79 Å². The lowest BCUT2D eigenvalue weighted by Gasteiger charge is -2.31. The minimum absolute atomic E-state index is 0.00868. The molecule has 2 aromatic carbocycles. The molecule has 1 heterocycles. The highest BCUT2D eigenvalue weighted by Crippen LogP contribution is 2.27. The van der Waals surface area contributed by atoms with E-state index in [1.54, 1.807) is 45.0 Å². The van der Waals surface area contributed by atoms with Gasteiger partial charge in [-0.1, -0.05) is 83.6 Å². The Labute approximate surface area is 249 Å². The van der Waals surface area contributed by atoms with Crippen LogP contribution in [-0.4, -0.2) is 40.2 Å². The number of benzene rings is 2. The van der Waals surface area contributed by atoms with Crippen LogP contribution < -0.4 is 10.2 Å². The van der Waals surface area contributed by atoms with E-state index in [0.29, 0.717) is 11.4 Å². The van der Waals surface area contributed by atoms with Crippen LogP contribution in [0.5, 0.6) is 0 Å². The number of nitrogens with zero attached hydrogens (tertiary/aromatic N) is 2. The highest BCUT2D eigenvalue weighted by Gasteiger charge is 2.29. The standard InChI is InChI=1S/C21H27Cl2N3O4.C7H6Cl2/c1-13(2)16(25-20(28)29-21(3,4)5)12-26(19(27)18(22)23)15-8-6-7-14(11-15)17-9-10-24-30-17;1-5-6(8)3-2-4-7(5)9/h6-11,13,16,18H,12H2,1-5H3,(H,25,28);2-4H,1H3. The maximum absolute atomic E-state index is 12.8. The van der Waals surface area contributed by atoms with E-state index in [9.17, 15) is 9.59 Å². The molecule has 0 fully saturated rings. The Balaban J connectivity index is 0.000000499. The van der Waals surface area contributed by atoms with Crippen molar-refractivity contribution in [3.05, 3.63) is 70.3 Å². The Hall–Kier alpha value is -2.45. The predicted octanol–water partition coefficient (Wildman–Crippen LogP) is 8.33. The molecule has 7 nitrogen and oxygen atoms in total. The molecule has 1 N–H and O–H groups in total. The topological polar surface area (TPSA) is 84.7 Å². The lowest BCUT2D eigenvalue weighted by molar-refractivity contribution is -0.117. The molecule has 11 heteroatoms. The third-order valence-corrected chi connectivity index (χ3v) is 6.61. The zero-order valence-electron chi connectivity index (χ0n) is 22.7. The van der Waals surface area contributed by atoms with Crippen molar-refractivity contribution in [1.29, 1.82) is 0 Å². The molecule has 0 bridgehead atoms. The third-order valence-electron chi connectivity index (χ3n) is 5.42. The fourth-order valence-electron chi connectivity index (χ4n) is 3.29. The first kappa shape index (κ1) is 32.8. The number of alkyl halides is 2. The molecule has 1 atom stereocenters. The molecule has 0 radical (unpaired) electrons. The van der Waals surface area contributed by atoms with Crippen LogP contribution in [0.2, 0.25) is 10.0 Å². The minimum Gasteiger partial charge on any atom is -0.444 e. The minimum atomic E-state index is -1.26. The van der Waals surface area contributed by atoms with Crippen LogP contribution in [-0.2, 0) is 9.53 Å². The van der Waals surface area contributed by atoms with Gasteiger partial charge >= 0.3 is 6.09 Å². The first-order valence-corrected chi connectivity index (χ1v) is 13.8. The highest BCUT2D eigenvalue weighted by atomic mass is 35.5. The van der Waals surface area contributed by atoms with E-state index in [1.165, 1.54) is 11.1 Å². The number of hydrogen-bond donors (Lipinski definition) is 1. The maximum atomic E-state index is 12.8. The Morgan fingerprint density at radius 1 is 1.05 bits per heavy atom. The summed E-state index contributed by atoms with van der Waals surface area (Å²) in [5.41, 5.74) is 1.62. The Morgan fingerprint density at radius 2 is 1.67 bits per heavy atom. The summed E-state index contributed by atoms with van der Waals surface area (Å²) in [7, 11) is 0. The van der Waals surface area contributed by atoms with Gasteiger partial charge in [-0.15, -0.1) is 0 Å². The fraction of sp³-hybridized carbons (Fsp3) is 0.393. The molecule has 0 aliphatic heterocycles. The van der Waals surface area contributed by atoms with Crippen molar-refractivity contribution >= 4 is 64.1 Å². The normalized spacial score (nSPS) is 12.0. The Bertz CT molecular complexity index is 1210. The van der Waals surface area contributed by atoms with Crippen LogP contribution in [0.15, 0.2) is 59.3 Å². The van der Waals surface area contributed by atoms with Crippen molar-refractivity contribution in [2.75, 3.05) is 11.4 Å². The van der Waals surface area contributed by atoms with E-state index in [0.717, 1.165) is 21.2 Å². The number of carbonyl (C=O) groups excluding carboxylic acids is 2. The number of anilines is 1. The molecule has 212 valence electrons. The summed E-state index contributed by atoms with van der Waals surface area (Å²) in [6.07, 6.45) is 0.982. The average Bonchev–Trinajstić information content (AvgIpc) is 3.39. The van der Waals surface area contributed by atoms with Crippen molar-refractivity contribution in [3.63, 3.8) is 0 Å². The van der Waals surface area contributed by atoms with E-state index in [4.69, 9.17) is 55.7 Å². The predicted molar refractivity (Wildman–Crippen MR) is 159 cm³/mol. The molecule has 0 spiro atoms. The maximum Gasteiger partial charge on any atom is 0.407 e. The first-order chi connectivity index (χ1) is 18.2. The van der Waals surface area contributed by atoms with Gasteiger partial charge in [0, 0.05) is 33.9 Å². The van der Waals surface area contributed by atoms with Gasteiger partial charge < -0.3 is 19.5 Å². The second kappa shape index (κ2) is 14.8. The second-order valence-electron chi connectivity index (χ2n) is 10.0. The van der Waals surface area contributed by atoms with Gasteiger partial charge in [0.1, 0.15) is 5.60 Å². The van der Waals surface area contributed by atoms with Crippen molar-refractivity contribution in [2.24, 2.45) is 5.92 Å².